The van der Waals surface area contributed by atoms with Crippen LogP contribution in [0.4, 0.5) is 0 Å². The summed E-state index contributed by atoms with van der Waals surface area (Å²) < 4.78 is 5.75. The molecule has 6 heteroatoms. The lowest BCUT2D eigenvalue weighted by Crippen LogP contribution is -2.31. The number of nitrogens with zero attached hydrogens (tertiary/aromatic N) is 1. The molecule has 0 aliphatic heterocycles. The molecule has 0 amide bonds. The van der Waals surface area contributed by atoms with Crippen LogP contribution in [0, 0.1) is 0 Å². The maximum atomic E-state index is 11.2. The Labute approximate surface area is 116 Å². The summed E-state index contributed by atoms with van der Waals surface area (Å²) in [5.41, 5.74) is 0. The van der Waals surface area contributed by atoms with Crippen LogP contribution < -0.4 is 0 Å². The van der Waals surface area contributed by atoms with E-state index in [4.69, 9.17) is 0 Å². The van der Waals surface area contributed by atoms with Gasteiger partial charge in [-0.2, -0.15) is 0 Å². The third-order valence-electron chi connectivity index (χ3n) is 1.98. The number of ether oxygens (including phenoxy) is 1. The average molecular weight is 371 g/mol. The minimum absolute atomic E-state index is 0.237. The maximum absolute atomic E-state index is 11.2. The summed E-state index contributed by atoms with van der Waals surface area (Å²) in [4.78, 5) is 14.3. The molecule has 0 saturated heterocycles. The van der Waals surface area contributed by atoms with Gasteiger partial charge in [-0.05, 0) is 29.0 Å². The minimum atomic E-state index is -0.272. The van der Waals surface area contributed by atoms with Gasteiger partial charge in [-0.25, -0.2) is 0 Å². The van der Waals surface area contributed by atoms with Gasteiger partial charge in [0.25, 0.3) is 0 Å². The van der Waals surface area contributed by atoms with Crippen molar-refractivity contribution in [2.24, 2.45) is 0 Å². The van der Waals surface area contributed by atoms with E-state index in [-0.39, 0.29) is 10.8 Å². The van der Waals surface area contributed by atoms with Gasteiger partial charge in [0, 0.05) is 27.8 Å². The van der Waals surface area contributed by atoms with E-state index in [1.807, 2.05) is 7.05 Å². The maximum Gasteiger partial charge on any atom is 0.320 e. The van der Waals surface area contributed by atoms with Gasteiger partial charge >= 0.3 is 5.97 Å². The molecule has 1 aromatic heterocycles. The molecule has 16 heavy (non-hydrogen) atoms. The fraction of sp³-hybridized carbons (Fsp3) is 0.500. The van der Waals surface area contributed by atoms with E-state index < -0.39 is 0 Å². The van der Waals surface area contributed by atoms with E-state index in [9.17, 15) is 4.79 Å². The second kappa shape index (κ2) is 6.74. The summed E-state index contributed by atoms with van der Waals surface area (Å²) in [6.45, 7) is 1.46. The molecule has 0 bridgehead atoms. The molecule has 0 aliphatic carbocycles. The molecule has 1 rings (SSSR count). The number of hydrogen-bond donors (Lipinski definition) is 0. The van der Waals surface area contributed by atoms with Gasteiger partial charge in [-0.3, -0.25) is 9.69 Å². The highest BCUT2D eigenvalue weighted by atomic mass is 79.9. The molecule has 0 saturated carbocycles. The molecule has 1 atom stereocenters. The molecule has 0 N–H and O–H groups in total. The zero-order valence-electron chi connectivity index (χ0n) is 9.07. The lowest BCUT2D eigenvalue weighted by molar-refractivity contribution is -0.140. The number of rotatable bonds is 5. The summed E-state index contributed by atoms with van der Waals surface area (Å²) in [5.74, 6) is -0.237. The lowest BCUT2D eigenvalue weighted by atomic mass is 10.3. The highest BCUT2D eigenvalue weighted by molar-refractivity contribution is 9.10. The first-order chi connectivity index (χ1) is 7.52. The van der Waals surface area contributed by atoms with Crippen molar-refractivity contribution in [1.29, 1.82) is 0 Å². The molecule has 1 heterocycles. The molecule has 0 radical (unpaired) electrons. The zero-order chi connectivity index (χ0) is 12.1. The quantitative estimate of drug-likeness (QED) is 0.589. The van der Waals surface area contributed by atoms with Gasteiger partial charge in [-0.15, -0.1) is 11.3 Å². The Morgan fingerprint density at radius 3 is 2.88 bits per heavy atom. The van der Waals surface area contributed by atoms with Gasteiger partial charge in [0.05, 0.1) is 7.11 Å². The van der Waals surface area contributed by atoms with Gasteiger partial charge in [-0.1, -0.05) is 15.9 Å². The standard InChI is InChI=1S/C10H13Br2NO2S/c1-13(5-9(12)10(14)15-2)4-8-3-7(11)6-16-8/h3,6,9H,4-5H2,1-2H3. The Balaban J connectivity index is 2.41. The van der Waals surface area contributed by atoms with Crippen LogP contribution in [-0.4, -0.2) is 36.4 Å². The Bertz CT molecular complexity index is 356. The Morgan fingerprint density at radius 2 is 2.38 bits per heavy atom. The molecular weight excluding hydrogens is 358 g/mol. The van der Waals surface area contributed by atoms with Crippen LogP contribution in [0.25, 0.3) is 0 Å². The average Bonchev–Trinajstić information content (AvgIpc) is 2.62. The number of carbonyl (C=O) groups excluding carboxylic acids is 1. The summed E-state index contributed by atoms with van der Waals surface area (Å²) in [6, 6.07) is 2.09. The van der Waals surface area contributed by atoms with Crippen molar-refractivity contribution in [3.63, 3.8) is 0 Å². The number of halogens is 2. The summed E-state index contributed by atoms with van der Waals surface area (Å²) in [7, 11) is 3.37. The summed E-state index contributed by atoms with van der Waals surface area (Å²) >= 11 is 8.42. The Kier molecular flexibility index (Phi) is 5.96. The van der Waals surface area contributed by atoms with E-state index >= 15 is 0 Å². The zero-order valence-corrected chi connectivity index (χ0v) is 13.1. The van der Waals surface area contributed by atoms with E-state index in [2.05, 4.69) is 52.9 Å². The van der Waals surface area contributed by atoms with E-state index in [1.54, 1.807) is 11.3 Å². The van der Waals surface area contributed by atoms with Gasteiger partial charge in [0.2, 0.25) is 0 Å². The highest BCUT2D eigenvalue weighted by Crippen LogP contribution is 2.21. The topological polar surface area (TPSA) is 29.5 Å². The predicted molar refractivity (Wildman–Crippen MR) is 73.1 cm³/mol. The summed E-state index contributed by atoms with van der Waals surface area (Å²) in [5, 5.41) is 2.05. The molecule has 90 valence electrons. The van der Waals surface area contributed by atoms with Crippen LogP contribution in [0.2, 0.25) is 0 Å². The Morgan fingerprint density at radius 1 is 1.69 bits per heavy atom. The van der Waals surface area contributed by atoms with Crippen LogP contribution >= 0.6 is 43.2 Å². The number of esters is 1. The number of carbonyl (C=O) groups is 1. The number of alkyl halides is 1. The van der Waals surface area contributed by atoms with E-state index in [1.165, 1.54) is 12.0 Å². The van der Waals surface area contributed by atoms with Crippen molar-refractivity contribution in [1.82, 2.24) is 4.90 Å². The molecule has 0 aromatic carbocycles. The fourth-order valence-corrected chi connectivity index (χ4v) is 3.45. The van der Waals surface area contributed by atoms with Crippen molar-refractivity contribution in [2.45, 2.75) is 11.4 Å². The van der Waals surface area contributed by atoms with Crippen LogP contribution in [0.1, 0.15) is 4.88 Å². The molecule has 0 aliphatic rings. The normalized spacial score (nSPS) is 12.8. The Hall–Kier alpha value is 0.0900. The van der Waals surface area contributed by atoms with Crippen molar-refractivity contribution in [3.8, 4) is 0 Å². The lowest BCUT2D eigenvalue weighted by Gasteiger charge is -2.17. The van der Waals surface area contributed by atoms with Crippen LogP contribution in [0.15, 0.2) is 15.9 Å². The van der Waals surface area contributed by atoms with Crippen molar-refractivity contribution in [2.75, 3.05) is 20.7 Å². The third kappa shape index (κ3) is 4.53. The van der Waals surface area contributed by atoms with Crippen LogP contribution in [-0.2, 0) is 16.1 Å². The molecule has 1 unspecified atom stereocenters. The molecule has 0 fully saturated rings. The van der Waals surface area contributed by atoms with E-state index in [0.717, 1.165) is 11.0 Å². The van der Waals surface area contributed by atoms with Crippen LogP contribution in [0.3, 0.4) is 0 Å². The number of thiophene rings is 1. The number of methoxy groups -OCH3 is 1. The van der Waals surface area contributed by atoms with Crippen LogP contribution in [0.5, 0.6) is 0 Å². The largest absolute Gasteiger partial charge is 0.468 e. The van der Waals surface area contributed by atoms with Gasteiger partial charge in [0.15, 0.2) is 0 Å². The molecular formula is C10H13Br2NO2S. The molecule has 0 spiro atoms. The second-order valence-electron chi connectivity index (χ2n) is 3.42. The van der Waals surface area contributed by atoms with E-state index in [0.29, 0.717) is 6.54 Å². The highest BCUT2D eigenvalue weighted by Gasteiger charge is 2.17. The third-order valence-corrected chi connectivity index (χ3v) is 4.32. The molecule has 3 nitrogen and oxygen atoms in total. The number of hydrogen-bond acceptors (Lipinski definition) is 4. The van der Waals surface area contributed by atoms with Crippen molar-refractivity contribution < 1.29 is 9.53 Å². The van der Waals surface area contributed by atoms with Crippen molar-refractivity contribution >= 4 is 49.2 Å². The minimum Gasteiger partial charge on any atom is -0.468 e. The first kappa shape index (κ1) is 14.2. The van der Waals surface area contributed by atoms with Gasteiger partial charge in [0.1, 0.15) is 4.83 Å². The van der Waals surface area contributed by atoms with Crippen molar-refractivity contribution in [3.05, 3.63) is 20.8 Å². The fourth-order valence-electron chi connectivity index (χ4n) is 1.24. The first-order valence-electron chi connectivity index (χ1n) is 4.66. The summed E-state index contributed by atoms with van der Waals surface area (Å²) in [6.07, 6.45) is 0. The smallest absolute Gasteiger partial charge is 0.320 e. The first-order valence-corrected chi connectivity index (χ1v) is 7.25. The monoisotopic (exact) mass is 369 g/mol. The SMILES string of the molecule is COC(=O)C(Br)CN(C)Cc1cc(Br)cs1. The van der Waals surface area contributed by atoms with Gasteiger partial charge < -0.3 is 4.74 Å². The molecule has 1 aromatic rings. The predicted octanol–water partition coefficient (Wildman–Crippen LogP) is 2.88. The second-order valence-corrected chi connectivity index (χ2v) is 6.44.